The number of aromatic nitrogens is 1. The highest BCUT2D eigenvalue weighted by molar-refractivity contribution is 7.14. The predicted molar refractivity (Wildman–Crippen MR) is 147 cm³/mol. The van der Waals surface area contributed by atoms with Crippen LogP contribution in [0.25, 0.3) is 10.8 Å². The molecule has 0 unspecified atom stereocenters. The van der Waals surface area contributed by atoms with Crippen LogP contribution in [0.2, 0.25) is 5.02 Å². The minimum Gasteiger partial charge on any atom is -0.383 e. The molecule has 184 valence electrons. The number of amides is 1. The molecule has 1 saturated heterocycles. The maximum Gasteiger partial charge on any atom is 0.227 e. The van der Waals surface area contributed by atoms with Crippen LogP contribution in [-0.2, 0) is 24.3 Å². The Kier molecular flexibility index (Phi) is 7.32. The SMILES string of the molecule is Nc1nccc2cc(CCC(=O)c3cc(Cl)c(CNCc4cccc(N5CCCC5=O)c4)s3)ccc12. The van der Waals surface area contributed by atoms with Crippen LogP contribution in [0, 0.1) is 0 Å². The van der Waals surface area contributed by atoms with Crippen molar-refractivity contribution >= 4 is 56.9 Å². The Balaban J connectivity index is 1.16. The number of hydrogen-bond acceptors (Lipinski definition) is 6. The first-order valence-electron chi connectivity index (χ1n) is 12.0. The minimum absolute atomic E-state index is 0.0884. The number of thiophene rings is 1. The molecule has 3 heterocycles. The Labute approximate surface area is 219 Å². The van der Waals surface area contributed by atoms with Gasteiger partial charge >= 0.3 is 0 Å². The van der Waals surface area contributed by atoms with Crippen LogP contribution in [0.1, 0.15) is 44.9 Å². The van der Waals surface area contributed by atoms with Crippen molar-refractivity contribution in [2.75, 3.05) is 17.2 Å². The lowest BCUT2D eigenvalue weighted by Gasteiger charge is -2.16. The van der Waals surface area contributed by atoms with Gasteiger partial charge in [-0.1, -0.05) is 41.9 Å². The van der Waals surface area contributed by atoms with Crippen LogP contribution < -0.4 is 16.0 Å². The van der Waals surface area contributed by atoms with E-state index in [1.54, 1.807) is 12.3 Å². The molecule has 2 aromatic carbocycles. The van der Waals surface area contributed by atoms with E-state index in [9.17, 15) is 9.59 Å². The van der Waals surface area contributed by atoms with E-state index in [2.05, 4.69) is 22.4 Å². The van der Waals surface area contributed by atoms with Crippen LogP contribution in [0.3, 0.4) is 0 Å². The minimum atomic E-state index is 0.0884. The van der Waals surface area contributed by atoms with Crippen molar-refractivity contribution in [2.24, 2.45) is 0 Å². The third-order valence-corrected chi connectivity index (χ3v) is 8.07. The van der Waals surface area contributed by atoms with Gasteiger partial charge in [-0.2, -0.15) is 0 Å². The van der Waals surface area contributed by atoms with E-state index in [4.69, 9.17) is 17.3 Å². The second kappa shape index (κ2) is 10.8. The van der Waals surface area contributed by atoms with Crippen LogP contribution in [0.4, 0.5) is 11.5 Å². The fourth-order valence-electron chi connectivity index (χ4n) is 4.53. The molecule has 1 amide bonds. The molecule has 1 aliphatic rings. The van der Waals surface area contributed by atoms with Crippen LogP contribution in [-0.4, -0.2) is 23.2 Å². The maximum atomic E-state index is 12.9. The summed E-state index contributed by atoms with van der Waals surface area (Å²) in [5.74, 6) is 0.787. The number of nitrogen functional groups attached to an aromatic ring is 1. The number of aryl methyl sites for hydroxylation is 1. The summed E-state index contributed by atoms with van der Waals surface area (Å²) in [7, 11) is 0. The Morgan fingerprint density at radius 3 is 2.83 bits per heavy atom. The lowest BCUT2D eigenvalue weighted by atomic mass is 10.0. The summed E-state index contributed by atoms with van der Waals surface area (Å²) in [5, 5.41) is 5.98. The number of halogens is 1. The van der Waals surface area contributed by atoms with Gasteiger partial charge in [0.05, 0.1) is 9.90 Å². The van der Waals surface area contributed by atoms with Gasteiger partial charge in [-0.25, -0.2) is 4.98 Å². The number of nitrogens with one attached hydrogen (secondary N) is 1. The maximum absolute atomic E-state index is 12.9. The van der Waals surface area contributed by atoms with E-state index in [1.807, 2.05) is 41.3 Å². The van der Waals surface area contributed by atoms with Gasteiger partial charge < -0.3 is 16.0 Å². The number of fused-ring (bicyclic) bond motifs is 1. The molecule has 0 aliphatic carbocycles. The molecule has 6 nitrogen and oxygen atoms in total. The zero-order valence-corrected chi connectivity index (χ0v) is 21.4. The molecule has 5 rings (SSSR count). The van der Waals surface area contributed by atoms with Crippen LogP contribution in [0.15, 0.2) is 60.8 Å². The number of rotatable bonds is 9. The number of hydrogen-bond donors (Lipinski definition) is 2. The number of benzene rings is 2. The normalized spacial score (nSPS) is 13.6. The summed E-state index contributed by atoms with van der Waals surface area (Å²) >= 11 is 7.90. The first-order valence-corrected chi connectivity index (χ1v) is 13.2. The largest absolute Gasteiger partial charge is 0.383 e. The van der Waals surface area contributed by atoms with Crippen molar-refractivity contribution in [3.8, 4) is 0 Å². The van der Waals surface area contributed by atoms with Gasteiger partial charge in [0, 0.05) is 54.6 Å². The molecule has 0 radical (unpaired) electrons. The fraction of sp³-hybridized carbons (Fsp3) is 0.250. The van der Waals surface area contributed by atoms with Gasteiger partial charge in [-0.05, 0) is 53.6 Å². The quantitative estimate of drug-likeness (QED) is 0.275. The first kappa shape index (κ1) is 24.4. The predicted octanol–water partition coefficient (Wildman–Crippen LogP) is 5.76. The number of ketones is 1. The van der Waals surface area contributed by atoms with Crippen molar-refractivity contribution in [1.82, 2.24) is 10.3 Å². The molecule has 0 spiro atoms. The summed E-state index contributed by atoms with van der Waals surface area (Å²) in [6.07, 6.45) is 4.29. The van der Waals surface area contributed by atoms with Gasteiger partial charge in [0.15, 0.2) is 5.78 Å². The number of nitrogens with zero attached hydrogens (tertiary/aromatic N) is 2. The fourth-order valence-corrected chi connectivity index (χ4v) is 5.87. The second-order valence-electron chi connectivity index (χ2n) is 8.98. The molecule has 1 fully saturated rings. The third kappa shape index (κ3) is 5.43. The summed E-state index contributed by atoms with van der Waals surface area (Å²) in [5.41, 5.74) is 9.07. The Morgan fingerprint density at radius 2 is 2.00 bits per heavy atom. The van der Waals surface area contributed by atoms with E-state index in [0.29, 0.717) is 48.1 Å². The van der Waals surface area contributed by atoms with Gasteiger partial charge in [-0.15, -0.1) is 11.3 Å². The second-order valence-corrected chi connectivity index (χ2v) is 10.5. The molecule has 3 N–H and O–H groups in total. The van der Waals surface area contributed by atoms with Crippen molar-refractivity contribution in [1.29, 1.82) is 0 Å². The average Bonchev–Trinajstić information content (AvgIpc) is 3.48. The molecular formula is C28H27ClN4O2S. The number of carbonyl (C=O) groups is 2. The standard InChI is InChI=1S/C28H27ClN4O2S/c29-23-15-25(24(34)9-7-18-6-8-22-20(13-18)10-11-32-28(22)30)36-26(23)17-31-16-19-3-1-4-21(14-19)33-12-2-5-27(33)35/h1,3-4,6,8,10-11,13-15,31H,2,5,7,9,12,16-17H2,(H2,30,32). The highest BCUT2D eigenvalue weighted by Gasteiger charge is 2.21. The summed E-state index contributed by atoms with van der Waals surface area (Å²) in [6, 6.07) is 17.8. The van der Waals surface area contributed by atoms with Crippen molar-refractivity contribution in [3.63, 3.8) is 0 Å². The number of nitrogens with two attached hydrogens (primary N) is 1. The van der Waals surface area contributed by atoms with Crippen LogP contribution >= 0.6 is 22.9 Å². The van der Waals surface area contributed by atoms with E-state index in [-0.39, 0.29) is 11.7 Å². The summed E-state index contributed by atoms with van der Waals surface area (Å²) in [6.45, 7) is 2.00. The molecule has 0 saturated carbocycles. The summed E-state index contributed by atoms with van der Waals surface area (Å²) in [4.78, 5) is 32.5. The highest BCUT2D eigenvalue weighted by atomic mass is 35.5. The third-order valence-electron chi connectivity index (χ3n) is 6.44. The first-order chi connectivity index (χ1) is 17.5. The molecule has 2 aromatic heterocycles. The molecule has 36 heavy (non-hydrogen) atoms. The van der Waals surface area contributed by atoms with E-state index in [0.717, 1.165) is 45.4 Å². The lowest BCUT2D eigenvalue weighted by molar-refractivity contribution is -0.117. The lowest BCUT2D eigenvalue weighted by Crippen LogP contribution is -2.23. The highest BCUT2D eigenvalue weighted by Crippen LogP contribution is 2.29. The Bertz CT molecular complexity index is 1430. The number of pyridine rings is 1. The zero-order chi connectivity index (χ0) is 25.1. The van der Waals surface area contributed by atoms with Crippen molar-refractivity contribution < 1.29 is 9.59 Å². The molecule has 4 aromatic rings. The number of Topliss-reactive ketones (excluding diaryl/α,β-unsaturated/α-hetero) is 1. The Hall–Kier alpha value is -3.26. The van der Waals surface area contributed by atoms with Crippen molar-refractivity contribution in [3.05, 3.63) is 86.7 Å². The topological polar surface area (TPSA) is 88.3 Å². The average molecular weight is 519 g/mol. The van der Waals surface area contributed by atoms with E-state index < -0.39 is 0 Å². The van der Waals surface area contributed by atoms with Gasteiger partial charge in [0.25, 0.3) is 0 Å². The molecule has 8 heteroatoms. The van der Waals surface area contributed by atoms with Gasteiger partial charge in [-0.3, -0.25) is 9.59 Å². The smallest absolute Gasteiger partial charge is 0.227 e. The monoisotopic (exact) mass is 518 g/mol. The molecule has 1 aliphatic heterocycles. The zero-order valence-electron chi connectivity index (χ0n) is 19.8. The Morgan fingerprint density at radius 1 is 1.11 bits per heavy atom. The molecule has 0 bridgehead atoms. The van der Waals surface area contributed by atoms with Gasteiger partial charge in [0.1, 0.15) is 5.82 Å². The molecular weight excluding hydrogens is 492 g/mol. The number of anilines is 2. The molecule has 0 atom stereocenters. The number of carbonyl (C=O) groups excluding carboxylic acids is 2. The van der Waals surface area contributed by atoms with E-state index >= 15 is 0 Å². The van der Waals surface area contributed by atoms with Crippen LogP contribution in [0.5, 0.6) is 0 Å². The van der Waals surface area contributed by atoms with Gasteiger partial charge in [0.2, 0.25) is 5.91 Å². The van der Waals surface area contributed by atoms with E-state index in [1.165, 1.54) is 11.3 Å². The summed E-state index contributed by atoms with van der Waals surface area (Å²) < 4.78 is 0. The van der Waals surface area contributed by atoms with Crippen molar-refractivity contribution in [2.45, 2.75) is 38.8 Å².